The van der Waals surface area contributed by atoms with E-state index in [2.05, 4.69) is 15.5 Å². The number of hydrogen-bond acceptors (Lipinski definition) is 5. The Morgan fingerprint density at radius 1 is 1.39 bits per heavy atom. The lowest BCUT2D eigenvalue weighted by Crippen LogP contribution is -2.24. The maximum absolute atomic E-state index is 13.1. The van der Waals surface area contributed by atoms with Crippen LogP contribution in [-0.4, -0.2) is 30.4 Å². The molecule has 3 rings (SSSR count). The molecule has 2 aromatic heterocycles. The SMILES string of the molecule is Cc1nn(C(C)C(=O)Nc2ccn(Cc3ccc(F)cc3Cl)n2)cc1[N+](=O)[O-]. The molecule has 0 saturated carbocycles. The molecular formula is C17H16ClFN6O3. The maximum atomic E-state index is 13.1. The number of hydrogen-bond donors (Lipinski definition) is 1. The van der Waals surface area contributed by atoms with E-state index in [1.54, 1.807) is 29.9 Å². The van der Waals surface area contributed by atoms with Gasteiger partial charge in [0.15, 0.2) is 5.82 Å². The molecule has 0 fully saturated rings. The number of anilines is 1. The second-order valence-corrected chi connectivity index (χ2v) is 6.54. The van der Waals surface area contributed by atoms with Crippen molar-refractivity contribution in [3.63, 3.8) is 0 Å². The molecule has 1 unspecified atom stereocenters. The molecule has 11 heteroatoms. The quantitative estimate of drug-likeness (QED) is 0.499. The Bertz CT molecular complexity index is 1050. The summed E-state index contributed by atoms with van der Waals surface area (Å²) >= 11 is 6.01. The summed E-state index contributed by atoms with van der Waals surface area (Å²) in [7, 11) is 0. The van der Waals surface area contributed by atoms with Crippen LogP contribution in [0.3, 0.4) is 0 Å². The number of halogens is 2. The number of nitrogens with zero attached hydrogens (tertiary/aromatic N) is 5. The highest BCUT2D eigenvalue weighted by Crippen LogP contribution is 2.20. The minimum Gasteiger partial charge on any atom is -0.307 e. The molecule has 28 heavy (non-hydrogen) atoms. The van der Waals surface area contributed by atoms with E-state index in [0.29, 0.717) is 17.9 Å². The van der Waals surface area contributed by atoms with E-state index in [1.807, 2.05) is 0 Å². The topological polar surface area (TPSA) is 108 Å². The Kier molecular flexibility index (Phi) is 5.41. The third kappa shape index (κ3) is 4.17. The van der Waals surface area contributed by atoms with Crippen LogP contribution in [0.25, 0.3) is 0 Å². The van der Waals surface area contributed by atoms with Crippen LogP contribution in [0, 0.1) is 22.9 Å². The largest absolute Gasteiger partial charge is 0.309 e. The number of amides is 1. The summed E-state index contributed by atoms with van der Waals surface area (Å²) in [5, 5.41) is 22.1. The van der Waals surface area contributed by atoms with Gasteiger partial charge in [0.05, 0.1) is 11.5 Å². The highest BCUT2D eigenvalue weighted by Gasteiger charge is 2.22. The fourth-order valence-corrected chi connectivity index (χ4v) is 2.77. The van der Waals surface area contributed by atoms with Crippen molar-refractivity contribution in [1.82, 2.24) is 19.6 Å². The monoisotopic (exact) mass is 406 g/mol. The Morgan fingerprint density at radius 3 is 2.79 bits per heavy atom. The predicted molar refractivity (Wildman–Crippen MR) is 99.7 cm³/mol. The van der Waals surface area contributed by atoms with Gasteiger partial charge in [-0.25, -0.2) is 4.39 Å². The Labute approximate surface area is 163 Å². The summed E-state index contributed by atoms with van der Waals surface area (Å²) in [6, 6.07) is 4.91. The van der Waals surface area contributed by atoms with E-state index >= 15 is 0 Å². The molecule has 0 aliphatic heterocycles. The average molecular weight is 407 g/mol. The van der Waals surface area contributed by atoms with Gasteiger partial charge in [0.1, 0.15) is 23.7 Å². The van der Waals surface area contributed by atoms with Crippen molar-refractivity contribution in [2.24, 2.45) is 0 Å². The highest BCUT2D eigenvalue weighted by atomic mass is 35.5. The zero-order chi connectivity index (χ0) is 20.4. The van der Waals surface area contributed by atoms with Gasteiger partial charge in [0.2, 0.25) is 5.91 Å². The van der Waals surface area contributed by atoms with E-state index in [1.165, 1.54) is 29.9 Å². The van der Waals surface area contributed by atoms with Crippen molar-refractivity contribution in [2.45, 2.75) is 26.4 Å². The van der Waals surface area contributed by atoms with Gasteiger partial charge in [0, 0.05) is 17.3 Å². The molecule has 0 aliphatic rings. The van der Waals surface area contributed by atoms with E-state index in [4.69, 9.17) is 11.6 Å². The third-order valence-electron chi connectivity index (χ3n) is 4.10. The highest BCUT2D eigenvalue weighted by molar-refractivity contribution is 6.31. The lowest BCUT2D eigenvalue weighted by molar-refractivity contribution is -0.385. The lowest BCUT2D eigenvalue weighted by Gasteiger charge is -2.10. The van der Waals surface area contributed by atoms with E-state index in [-0.39, 0.29) is 16.4 Å². The minimum atomic E-state index is -0.774. The van der Waals surface area contributed by atoms with Gasteiger partial charge in [-0.1, -0.05) is 17.7 Å². The van der Waals surface area contributed by atoms with Crippen LogP contribution in [0.2, 0.25) is 5.02 Å². The van der Waals surface area contributed by atoms with E-state index < -0.39 is 22.7 Å². The summed E-state index contributed by atoms with van der Waals surface area (Å²) in [6.07, 6.45) is 2.86. The van der Waals surface area contributed by atoms with Gasteiger partial charge in [-0.15, -0.1) is 0 Å². The number of carbonyl (C=O) groups is 1. The summed E-state index contributed by atoms with van der Waals surface area (Å²) < 4.78 is 15.9. The Balaban J connectivity index is 1.68. The van der Waals surface area contributed by atoms with Crippen molar-refractivity contribution in [3.05, 3.63) is 68.9 Å². The summed E-state index contributed by atoms with van der Waals surface area (Å²) in [4.78, 5) is 22.8. The smallest absolute Gasteiger partial charge is 0.307 e. The lowest BCUT2D eigenvalue weighted by atomic mass is 10.2. The molecule has 0 radical (unpaired) electrons. The second-order valence-electron chi connectivity index (χ2n) is 6.14. The van der Waals surface area contributed by atoms with Crippen LogP contribution in [0.4, 0.5) is 15.9 Å². The molecule has 1 atom stereocenters. The van der Waals surface area contributed by atoms with Crippen LogP contribution in [-0.2, 0) is 11.3 Å². The van der Waals surface area contributed by atoms with Gasteiger partial charge in [-0.2, -0.15) is 10.2 Å². The van der Waals surface area contributed by atoms with Crippen molar-refractivity contribution < 1.29 is 14.1 Å². The van der Waals surface area contributed by atoms with Crippen LogP contribution in [0.5, 0.6) is 0 Å². The first-order chi connectivity index (χ1) is 13.2. The average Bonchev–Trinajstić information content (AvgIpc) is 3.23. The van der Waals surface area contributed by atoms with Crippen LogP contribution in [0.1, 0.15) is 24.2 Å². The number of rotatable bonds is 6. The van der Waals surface area contributed by atoms with Crippen molar-refractivity contribution in [2.75, 3.05) is 5.32 Å². The zero-order valence-electron chi connectivity index (χ0n) is 15.0. The van der Waals surface area contributed by atoms with Gasteiger partial charge in [-0.3, -0.25) is 24.3 Å². The van der Waals surface area contributed by atoms with Gasteiger partial charge in [-0.05, 0) is 31.5 Å². The molecule has 146 valence electrons. The molecule has 0 aliphatic carbocycles. The first-order valence-corrected chi connectivity index (χ1v) is 8.61. The van der Waals surface area contributed by atoms with Crippen LogP contribution < -0.4 is 5.32 Å². The molecule has 3 aromatic rings. The molecule has 1 aromatic carbocycles. The Morgan fingerprint density at radius 2 is 2.14 bits per heavy atom. The fraction of sp³-hybridized carbons (Fsp3) is 0.235. The number of nitro groups is 1. The van der Waals surface area contributed by atoms with Crippen molar-refractivity contribution in [1.29, 1.82) is 0 Å². The van der Waals surface area contributed by atoms with E-state index in [9.17, 15) is 19.3 Å². The zero-order valence-corrected chi connectivity index (χ0v) is 15.7. The summed E-state index contributed by atoms with van der Waals surface area (Å²) in [5.41, 5.74) is 0.752. The predicted octanol–water partition coefficient (Wildman–Crippen LogP) is 3.34. The fourth-order valence-electron chi connectivity index (χ4n) is 2.54. The molecular weight excluding hydrogens is 391 g/mol. The molecule has 2 heterocycles. The number of carbonyl (C=O) groups excluding carboxylic acids is 1. The number of nitrogens with one attached hydrogen (secondary N) is 1. The van der Waals surface area contributed by atoms with Crippen molar-refractivity contribution in [3.8, 4) is 0 Å². The third-order valence-corrected chi connectivity index (χ3v) is 4.45. The number of aromatic nitrogens is 4. The van der Waals surface area contributed by atoms with E-state index in [0.717, 1.165) is 0 Å². The summed E-state index contributed by atoms with van der Waals surface area (Å²) in [6.45, 7) is 3.37. The molecule has 0 saturated heterocycles. The first-order valence-electron chi connectivity index (χ1n) is 8.23. The molecule has 9 nitrogen and oxygen atoms in total. The Hall–Kier alpha value is -3.27. The molecule has 1 amide bonds. The first kappa shape index (κ1) is 19.5. The summed E-state index contributed by atoms with van der Waals surface area (Å²) in [5.74, 6) is -0.554. The van der Waals surface area contributed by atoms with Gasteiger partial charge >= 0.3 is 5.69 Å². The normalized spacial score (nSPS) is 12.0. The molecule has 0 bridgehead atoms. The molecule has 0 spiro atoms. The number of aryl methyl sites for hydroxylation is 1. The van der Waals surface area contributed by atoms with Crippen LogP contribution >= 0.6 is 11.6 Å². The van der Waals surface area contributed by atoms with Crippen LogP contribution in [0.15, 0.2) is 36.7 Å². The molecule has 1 N–H and O–H groups in total. The van der Waals surface area contributed by atoms with Gasteiger partial charge < -0.3 is 5.32 Å². The van der Waals surface area contributed by atoms with Crippen molar-refractivity contribution >= 4 is 29.0 Å². The maximum Gasteiger partial charge on any atom is 0.309 e. The minimum absolute atomic E-state index is 0.153. The van der Waals surface area contributed by atoms with Gasteiger partial charge in [0.25, 0.3) is 0 Å². The second kappa shape index (κ2) is 7.77. The number of benzene rings is 1. The standard InChI is InChI=1S/C17H16ClFN6O3/c1-10-15(25(27)28)9-24(21-10)11(2)17(26)20-16-5-6-23(22-16)8-12-3-4-13(19)7-14(12)18/h3-7,9,11H,8H2,1-2H3,(H,20,22,26).